The summed E-state index contributed by atoms with van der Waals surface area (Å²) in [6.07, 6.45) is 0. The standard InChI is InChI=1S/C30H26N4O2/c35-29(32-27-18-8-12-22-10-4-6-16-25(22)27)31-20-21-34(24-14-2-1-3-15-24)30(36)33-28-19-9-13-23-11-5-7-17-26(23)28/h1-19H,20-21H2,(H,33,36)(H2,31,32,35). The van der Waals surface area contributed by atoms with Gasteiger partial charge in [0.2, 0.25) is 0 Å². The van der Waals surface area contributed by atoms with Crippen molar-refractivity contribution in [2.75, 3.05) is 28.6 Å². The molecule has 0 aliphatic rings. The summed E-state index contributed by atoms with van der Waals surface area (Å²) in [5.41, 5.74) is 2.21. The number of nitrogens with one attached hydrogen (secondary N) is 3. The Morgan fingerprint density at radius 1 is 0.583 bits per heavy atom. The van der Waals surface area contributed by atoms with Crippen LogP contribution < -0.4 is 20.9 Å². The molecule has 0 radical (unpaired) electrons. The Labute approximate surface area is 209 Å². The van der Waals surface area contributed by atoms with Crippen LogP contribution in [0.2, 0.25) is 0 Å². The highest BCUT2D eigenvalue weighted by Crippen LogP contribution is 2.25. The first-order valence-corrected chi connectivity index (χ1v) is 11.8. The van der Waals surface area contributed by atoms with Crippen LogP contribution in [-0.2, 0) is 0 Å². The van der Waals surface area contributed by atoms with Crippen molar-refractivity contribution >= 4 is 50.7 Å². The third-order valence-corrected chi connectivity index (χ3v) is 6.00. The Morgan fingerprint density at radius 3 is 1.75 bits per heavy atom. The van der Waals surface area contributed by atoms with Gasteiger partial charge in [0.25, 0.3) is 0 Å². The summed E-state index contributed by atoms with van der Waals surface area (Å²) in [6.45, 7) is 0.567. The first-order valence-electron chi connectivity index (χ1n) is 11.8. The van der Waals surface area contributed by atoms with E-state index >= 15 is 0 Å². The predicted molar refractivity (Wildman–Crippen MR) is 148 cm³/mol. The van der Waals surface area contributed by atoms with E-state index < -0.39 is 0 Å². The third kappa shape index (κ3) is 5.13. The molecule has 6 nitrogen and oxygen atoms in total. The molecular formula is C30H26N4O2. The van der Waals surface area contributed by atoms with Gasteiger partial charge in [-0.25, -0.2) is 9.59 Å². The topological polar surface area (TPSA) is 73.5 Å². The van der Waals surface area contributed by atoms with Crippen LogP contribution in [-0.4, -0.2) is 25.2 Å². The number of amides is 4. The first-order chi connectivity index (χ1) is 17.7. The number of benzene rings is 5. The van der Waals surface area contributed by atoms with Crippen LogP contribution in [0.4, 0.5) is 26.7 Å². The first kappa shape index (κ1) is 22.9. The van der Waals surface area contributed by atoms with Crippen LogP contribution in [0.3, 0.4) is 0 Å². The highest BCUT2D eigenvalue weighted by atomic mass is 16.2. The zero-order valence-corrected chi connectivity index (χ0v) is 19.6. The molecule has 178 valence electrons. The molecule has 0 bridgehead atoms. The predicted octanol–water partition coefficient (Wildman–Crippen LogP) is 6.85. The van der Waals surface area contributed by atoms with E-state index in [1.54, 1.807) is 4.90 Å². The van der Waals surface area contributed by atoms with E-state index in [4.69, 9.17) is 0 Å². The third-order valence-electron chi connectivity index (χ3n) is 6.00. The van der Waals surface area contributed by atoms with Crippen molar-refractivity contribution in [3.8, 4) is 0 Å². The minimum absolute atomic E-state index is 0.270. The number of anilines is 3. The van der Waals surface area contributed by atoms with Gasteiger partial charge in [0.1, 0.15) is 0 Å². The van der Waals surface area contributed by atoms with E-state index in [0.29, 0.717) is 6.54 Å². The molecule has 5 aromatic carbocycles. The van der Waals surface area contributed by atoms with Gasteiger partial charge in [-0.2, -0.15) is 0 Å². The molecule has 0 fully saturated rings. The minimum atomic E-state index is -0.325. The molecule has 0 aliphatic heterocycles. The SMILES string of the molecule is O=C(NCCN(C(=O)Nc1cccc2ccccc12)c1ccccc1)Nc1cccc2ccccc12. The van der Waals surface area contributed by atoms with Gasteiger partial charge in [0.15, 0.2) is 0 Å². The van der Waals surface area contributed by atoms with Crippen LogP contribution in [0, 0.1) is 0 Å². The molecule has 0 unspecified atom stereocenters. The second-order valence-electron chi connectivity index (χ2n) is 8.35. The average molecular weight is 475 g/mol. The molecule has 6 heteroatoms. The molecule has 5 aromatic rings. The molecule has 0 aliphatic carbocycles. The van der Waals surface area contributed by atoms with Gasteiger partial charge in [-0.05, 0) is 35.0 Å². The van der Waals surface area contributed by atoms with Crippen molar-refractivity contribution in [2.24, 2.45) is 0 Å². The Morgan fingerprint density at radius 2 is 1.11 bits per heavy atom. The Hall–Kier alpha value is -4.84. The van der Waals surface area contributed by atoms with Crippen molar-refractivity contribution in [3.63, 3.8) is 0 Å². The Bertz CT molecular complexity index is 1510. The van der Waals surface area contributed by atoms with Crippen LogP contribution >= 0.6 is 0 Å². The Kier molecular flexibility index (Phi) is 6.76. The molecule has 0 saturated carbocycles. The lowest BCUT2D eigenvalue weighted by atomic mass is 10.1. The highest BCUT2D eigenvalue weighted by molar-refractivity contribution is 6.07. The number of hydrogen-bond donors (Lipinski definition) is 3. The number of hydrogen-bond acceptors (Lipinski definition) is 2. The summed E-state index contributed by atoms with van der Waals surface area (Å²) in [5, 5.41) is 12.9. The van der Waals surface area contributed by atoms with E-state index in [2.05, 4.69) is 16.0 Å². The lowest BCUT2D eigenvalue weighted by Gasteiger charge is -2.24. The van der Waals surface area contributed by atoms with Crippen molar-refractivity contribution < 1.29 is 9.59 Å². The summed E-state index contributed by atoms with van der Waals surface area (Å²) < 4.78 is 0. The fraction of sp³-hybridized carbons (Fsp3) is 0.0667. The molecule has 36 heavy (non-hydrogen) atoms. The molecular weight excluding hydrogens is 448 g/mol. The number of fused-ring (bicyclic) bond motifs is 2. The second kappa shape index (κ2) is 10.6. The van der Waals surface area contributed by atoms with Crippen molar-refractivity contribution in [3.05, 3.63) is 115 Å². The van der Waals surface area contributed by atoms with Crippen LogP contribution in [0.5, 0.6) is 0 Å². The Balaban J connectivity index is 1.27. The van der Waals surface area contributed by atoms with Crippen molar-refractivity contribution in [1.29, 1.82) is 0 Å². The minimum Gasteiger partial charge on any atom is -0.336 e. The largest absolute Gasteiger partial charge is 0.336 e. The number of carbonyl (C=O) groups is 2. The summed E-state index contributed by atoms with van der Waals surface area (Å²) in [6, 6.07) is 36.2. The number of carbonyl (C=O) groups excluding carboxylic acids is 2. The smallest absolute Gasteiger partial charge is 0.326 e. The maximum Gasteiger partial charge on any atom is 0.326 e. The van der Waals surface area contributed by atoms with Gasteiger partial charge in [0, 0.05) is 29.5 Å². The number of urea groups is 2. The second-order valence-corrected chi connectivity index (χ2v) is 8.35. The monoisotopic (exact) mass is 474 g/mol. The summed E-state index contributed by atoms with van der Waals surface area (Å²) in [4.78, 5) is 27.6. The highest BCUT2D eigenvalue weighted by Gasteiger charge is 2.17. The van der Waals surface area contributed by atoms with Gasteiger partial charge in [-0.3, -0.25) is 4.90 Å². The van der Waals surface area contributed by atoms with Gasteiger partial charge >= 0.3 is 12.1 Å². The van der Waals surface area contributed by atoms with Crippen molar-refractivity contribution in [1.82, 2.24) is 5.32 Å². The van der Waals surface area contributed by atoms with Gasteiger partial charge < -0.3 is 16.0 Å². The van der Waals surface area contributed by atoms with Crippen molar-refractivity contribution in [2.45, 2.75) is 0 Å². The fourth-order valence-corrected chi connectivity index (χ4v) is 4.26. The van der Waals surface area contributed by atoms with Crippen LogP contribution in [0.1, 0.15) is 0 Å². The molecule has 3 N–H and O–H groups in total. The number of nitrogens with zero attached hydrogens (tertiary/aromatic N) is 1. The lowest BCUT2D eigenvalue weighted by molar-refractivity contribution is 0.250. The van der Waals surface area contributed by atoms with E-state index in [0.717, 1.165) is 38.6 Å². The average Bonchev–Trinajstić information content (AvgIpc) is 2.92. The molecule has 5 rings (SSSR count). The molecule has 4 amide bonds. The zero-order valence-electron chi connectivity index (χ0n) is 19.6. The number of rotatable bonds is 6. The molecule has 0 spiro atoms. The maximum absolute atomic E-state index is 13.4. The summed E-state index contributed by atoms with van der Waals surface area (Å²) in [7, 11) is 0. The van der Waals surface area contributed by atoms with Crippen LogP contribution in [0.25, 0.3) is 21.5 Å². The summed E-state index contributed by atoms with van der Waals surface area (Å²) in [5.74, 6) is 0. The molecule has 0 aromatic heterocycles. The number of para-hydroxylation sites is 1. The zero-order chi connectivity index (χ0) is 24.7. The van der Waals surface area contributed by atoms with E-state index in [-0.39, 0.29) is 18.6 Å². The lowest BCUT2D eigenvalue weighted by Crippen LogP contribution is -2.42. The fourth-order valence-electron chi connectivity index (χ4n) is 4.26. The van der Waals surface area contributed by atoms with Crippen LogP contribution in [0.15, 0.2) is 115 Å². The van der Waals surface area contributed by atoms with Gasteiger partial charge in [-0.1, -0.05) is 91.0 Å². The van der Waals surface area contributed by atoms with E-state index in [1.165, 1.54) is 0 Å². The quantitative estimate of drug-likeness (QED) is 0.252. The maximum atomic E-state index is 13.4. The van der Waals surface area contributed by atoms with Gasteiger partial charge in [-0.15, -0.1) is 0 Å². The molecule has 0 atom stereocenters. The van der Waals surface area contributed by atoms with E-state index in [9.17, 15) is 9.59 Å². The molecule has 0 heterocycles. The molecule has 0 saturated heterocycles. The van der Waals surface area contributed by atoms with E-state index in [1.807, 2.05) is 115 Å². The summed E-state index contributed by atoms with van der Waals surface area (Å²) >= 11 is 0. The van der Waals surface area contributed by atoms with Gasteiger partial charge in [0.05, 0.1) is 11.4 Å². The normalized spacial score (nSPS) is 10.7.